The number of aliphatic carboxylic acids is 1. The third-order valence-electron chi connectivity index (χ3n) is 4.13. The van der Waals surface area contributed by atoms with E-state index in [2.05, 4.69) is 0 Å². The Morgan fingerprint density at radius 2 is 2.15 bits per heavy atom. The Morgan fingerprint density at radius 1 is 1.46 bits per heavy atom. The molecule has 0 aliphatic heterocycles. The highest BCUT2D eigenvalue weighted by Crippen LogP contribution is 2.30. The van der Waals surface area contributed by atoms with Gasteiger partial charge in [-0.25, -0.2) is 0 Å². The zero-order valence-corrected chi connectivity index (χ0v) is 15.5. The van der Waals surface area contributed by atoms with Crippen LogP contribution >= 0.6 is 11.8 Å². The summed E-state index contributed by atoms with van der Waals surface area (Å²) < 4.78 is 4.97. The fourth-order valence-electron chi connectivity index (χ4n) is 2.52. The Morgan fingerprint density at radius 3 is 2.69 bits per heavy atom. The number of benzene rings is 1. The number of carboxylic acids is 1. The van der Waals surface area contributed by atoms with Crippen LogP contribution in [0, 0.1) is 16.0 Å². The van der Waals surface area contributed by atoms with Gasteiger partial charge in [0.05, 0.1) is 23.7 Å². The second-order valence-corrected chi connectivity index (χ2v) is 7.26. The lowest BCUT2D eigenvalue weighted by molar-refractivity contribution is -0.385. The molecule has 1 aliphatic carbocycles. The molecule has 0 aromatic heterocycles. The van der Waals surface area contributed by atoms with Crippen LogP contribution in [0.1, 0.15) is 25.3 Å². The summed E-state index contributed by atoms with van der Waals surface area (Å²) in [5, 5.41) is 20.1. The number of carbonyl (C=O) groups excluding carboxylic acids is 1. The number of rotatable bonds is 10. The number of hydrogen-bond acceptors (Lipinski definition) is 6. The van der Waals surface area contributed by atoms with Gasteiger partial charge in [-0.15, -0.1) is 11.8 Å². The predicted molar refractivity (Wildman–Crippen MR) is 97.3 cm³/mol. The summed E-state index contributed by atoms with van der Waals surface area (Å²) in [5.41, 5.74) is 0.624. The zero-order valence-electron chi connectivity index (χ0n) is 14.7. The summed E-state index contributed by atoms with van der Waals surface area (Å²) >= 11 is 1.36. The molecule has 1 aromatic carbocycles. The van der Waals surface area contributed by atoms with Gasteiger partial charge < -0.3 is 14.7 Å². The van der Waals surface area contributed by atoms with Crippen LogP contribution in [0.5, 0.6) is 5.75 Å². The molecule has 0 saturated heterocycles. The van der Waals surface area contributed by atoms with Crippen molar-refractivity contribution in [2.24, 2.45) is 5.92 Å². The number of carbonyl (C=O) groups is 2. The Kier molecular flexibility index (Phi) is 6.84. The maximum atomic E-state index is 12.4. The highest BCUT2D eigenvalue weighted by atomic mass is 32.2. The van der Waals surface area contributed by atoms with Gasteiger partial charge >= 0.3 is 11.7 Å². The number of carboxylic acid groups (broad SMARTS) is 1. The van der Waals surface area contributed by atoms with Crippen molar-refractivity contribution in [3.05, 3.63) is 33.9 Å². The minimum atomic E-state index is -0.915. The minimum Gasteiger partial charge on any atom is -0.490 e. The molecule has 8 nitrogen and oxygen atoms in total. The number of ether oxygens (including phenoxy) is 1. The van der Waals surface area contributed by atoms with Gasteiger partial charge in [-0.05, 0) is 24.5 Å². The fraction of sp³-hybridized carbons (Fsp3) is 0.529. The topological polar surface area (TPSA) is 110 Å². The SMILES string of the molecule is COc1ccc(CSCC(=O)N(CC(C)C(=O)O)C2CC2)cc1[N+](=O)[O-]. The van der Waals surface area contributed by atoms with E-state index in [1.54, 1.807) is 24.0 Å². The van der Waals surface area contributed by atoms with E-state index in [0.29, 0.717) is 5.75 Å². The average molecular weight is 382 g/mol. The highest BCUT2D eigenvalue weighted by molar-refractivity contribution is 7.99. The van der Waals surface area contributed by atoms with Crippen molar-refractivity contribution in [3.8, 4) is 5.75 Å². The van der Waals surface area contributed by atoms with Gasteiger partial charge in [-0.2, -0.15) is 0 Å². The van der Waals surface area contributed by atoms with Gasteiger partial charge in [0, 0.05) is 24.4 Å². The number of methoxy groups -OCH3 is 1. The molecule has 0 bridgehead atoms. The molecule has 142 valence electrons. The Bertz CT molecular complexity index is 692. The molecule has 0 spiro atoms. The second kappa shape index (κ2) is 8.88. The third kappa shape index (κ3) is 5.35. The van der Waals surface area contributed by atoms with Gasteiger partial charge in [0.25, 0.3) is 0 Å². The molecule has 1 amide bonds. The Balaban J connectivity index is 1.91. The second-order valence-electron chi connectivity index (χ2n) is 6.27. The van der Waals surface area contributed by atoms with Crippen LogP contribution < -0.4 is 4.74 Å². The van der Waals surface area contributed by atoms with E-state index in [1.165, 1.54) is 24.9 Å². The standard InChI is InChI=1S/C17H22N2O6S/c1-11(17(21)22)8-18(13-4-5-13)16(20)10-26-9-12-3-6-15(25-2)14(7-12)19(23)24/h3,6-7,11,13H,4-5,8-10H2,1-2H3,(H,21,22). The van der Waals surface area contributed by atoms with E-state index >= 15 is 0 Å². The summed E-state index contributed by atoms with van der Waals surface area (Å²) in [5.74, 6) is -0.752. The van der Waals surface area contributed by atoms with Gasteiger partial charge in [-0.1, -0.05) is 13.0 Å². The summed E-state index contributed by atoms with van der Waals surface area (Å²) in [6, 6.07) is 4.86. The van der Waals surface area contributed by atoms with Crippen LogP contribution in [-0.2, 0) is 15.3 Å². The van der Waals surface area contributed by atoms with Crippen molar-refractivity contribution in [2.45, 2.75) is 31.6 Å². The molecule has 1 aromatic rings. The van der Waals surface area contributed by atoms with Crippen molar-refractivity contribution in [1.29, 1.82) is 0 Å². The smallest absolute Gasteiger partial charge is 0.311 e. The lowest BCUT2D eigenvalue weighted by atomic mass is 10.1. The molecular weight excluding hydrogens is 360 g/mol. The summed E-state index contributed by atoms with van der Waals surface area (Å²) in [6.45, 7) is 1.81. The molecule has 0 radical (unpaired) electrons. The van der Waals surface area contributed by atoms with Crippen LogP contribution in [0.25, 0.3) is 0 Å². The lowest BCUT2D eigenvalue weighted by Gasteiger charge is -2.24. The Hall–Kier alpha value is -2.29. The van der Waals surface area contributed by atoms with Gasteiger partial charge in [0.2, 0.25) is 5.91 Å². The van der Waals surface area contributed by atoms with Crippen molar-refractivity contribution in [2.75, 3.05) is 19.4 Å². The predicted octanol–water partition coefficient (Wildman–Crippen LogP) is 2.55. The van der Waals surface area contributed by atoms with Crippen LogP contribution in [0.2, 0.25) is 0 Å². The number of nitrogens with zero attached hydrogens (tertiary/aromatic N) is 2. The van der Waals surface area contributed by atoms with Crippen LogP contribution in [0.4, 0.5) is 5.69 Å². The van der Waals surface area contributed by atoms with Crippen molar-refractivity contribution >= 4 is 29.3 Å². The molecule has 0 heterocycles. The number of hydrogen-bond donors (Lipinski definition) is 1. The van der Waals surface area contributed by atoms with E-state index in [9.17, 15) is 19.7 Å². The number of thioether (sulfide) groups is 1. The monoisotopic (exact) mass is 382 g/mol. The molecule has 1 fully saturated rings. The van der Waals surface area contributed by atoms with Gasteiger partial charge in [-0.3, -0.25) is 19.7 Å². The summed E-state index contributed by atoms with van der Waals surface area (Å²) in [4.78, 5) is 35.7. The van der Waals surface area contributed by atoms with E-state index < -0.39 is 16.8 Å². The van der Waals surface area contributed by atoms with E-state index in [-0.39, 0.29) is 35.7 Å². The average Bonchev–Trinajstić information content (AvgIpc) is 3.43. The Labute approximate surface area is 155 Å². The first-order chi connectivity index (χ1) is 12.3. The van der Waals surface area contributed by atoms with Crippen molar-refractivity contribution in [1.82, 2.24) is 4.90 Å². The highest BCUT2D eigenvalue weighted by Gasteiger charge is 2.34. The zero-order chi connectivity index (χ0) is 19.3. The number of amides is 1. The maximum Gasteiger partial charge on any atom is 0.311 e. The number of nitro groups is 1. The van der Waals surface area contributed by atoms with Gasteiger partial charge in [0.1, 0.15) is 0 Å². The molecule has 1 unspecified atom stereocenters. The van der Waals surface area contributed by atoms with E-state index in [0.717, 1.165) is 18.4 Å². The first kappa shape index (κ1) is 20.0. The quantitative estimate of drug-likeness (QED) is 0.489. The molecule has 1 saturated carbocycles. The van der Waals surface area contributed by atoms with Gasteiger partial charge in [0.15, 0.2) is 5.75 Å². The van der Waals surface area contributed by atoms with E-state index in [1.807, 2.05) is 0 Å². The fourth-order valence-corrected chi connectivity index (χ4v) is 3.38. The van der Waals surface area contributed by atoms with E-state index in [4.69, 9.17) is 9.84 Å². The van der Waals surface area contributed by atoms with Crippen LogP contribution in [0.15, 0.2) is 18.2 Å². The van der Waals surface area contributed by atoms with Crippen LogP contribution in [0.3, 0.4) is 0 Å². The normalized spacial score (nSPS) is 14.5. The van der Waals surface area contributed by atoms with Crippen molar-refractivity contribution < 1.29 is 24.4 Å². The lowest BCUT2D eigenvalue weighted by Crippen LogP contribution is -2.39. The largest absolute Gasteiger partial charge is 0.490 e. The third-order valence-corrected chi connectivity index (χ3v) is 5.12. The molecule has 26 heavy (non-hydrogen) atoms. The molecule has 1 atom stereocenters. The summed E-state index contributed by atoms with van der Waals surface area (Å²) in [7, 11) is 1.38. The molecular formula is C17H22N2O6S. The molecule has 1 N–H and O–H groups in total. The first-order valence-corrected chi connectivity index (χ1v) is 9.40. The maximum absolute atomic E-state index is 12.4. The van der Waals surface area contributed by atoms with Crippen molar-refractivity contribution in [3.63, 3.8) is 0 Å². The van der Waals surface area contributed by atoms with Crippen LogP contribution in [-0.4, -0.2) is 52.3 Å². The first-order valence-electron chi connectivity index (χ1n) is 8.24. The molecule has 1 aliphatic rings. The molecule has 9 heteroatoms. The minimum absolute atomic E-state index is 0.0892. The summed E-state index contributed by atoms with van der Waals surface area (Å²) in [6.07, 6.45) is 1.82. The number of nitro benzene ring substituents is 1. The molecule has 2 rings (SSSR count).